The van der Waals surface area contributed by atoms with Crippen LogP contribution in [0.1, 0.15) is 45.2 Å². The Kier molecular flexibility index (Phi) is 5.30. The largest absolute Gasteiger partial charge is 0.573 e. The zero-order valence-corrected chi connectivity index (χ0v) is 17.8. The van der Waals surface area contributed by atoms with E-state index in [9.17, 15) is 22.8 Å². The highest BCUT2D eigenvalue weighted by molar-refractivity contribution is 5.97. The fourth-order valence-electron chi connectivity index (χ4n) is 3.94. The van der Waals surface area contributed by atoms with Crippen LogP contribution in [-0.2, 0) is 4.74 Å². The topological polar surface area (TPSA) is 88.9 Å². The molecule has 32 heavy (non-hydrogen) atoms. The predicted octanol–water partition coefficient (Wildman–Crippen LogP) is 4.19. The van der Waals surface area contributed by atoms with Crippen molar-refractivity contribution in [3.05, 3.63) is 40.3 Å². The Bertz CT molecular complexity index is 1220. The summed E-state index contributed by atoms with van der Waals surface area (Å²) < 4.78 is 49.6. The van der Waals surface area contributed by atoms with Gasteiger partial charge in [0.15, 0.2) is 0 Å². The van der Waals surface area contributed by atoms with Gasteiger partial charge in [0.25, 0.3) is 5.56 Å². The first kappa shape index (κ1) is 22.0. The number of ether oxygens (including phenoxy) is 2. The van der Waals surface area contributed by atoms with Crippen molar-refractivity contribution < 1.29 is 27.4 Å². The van der Waals surface area contributed by atoms with E-state index in [1.807, 2.05) is 0 Å². The van der Waals surface area contributed by atoms with E-state index in [1.165, 1.54) is 22.7 Å². The molecule has 0 bridgehead atoms. The molecule has 11 heteroatoms. The minimum absolute atomic E-state index is 0.0787. The molecule has 1 aliphatic heterocycles. The van der Waals surface area contributed by atoms with Crippen molar-refractivity contribution in [2.24, 2.45) is 0 Å². The number of aromatic nitrogens is 3. The van der Waals surface area contributed by atoms with Gasteiger partial charge in [0.1, 0.15) is 17.0 Å². The minimum atomic E-state index is -4.88. The molecular formula is C21H23F3N4O4. The number of hydrogen-bond acceptors (Lipinski definition) is 5. The van der Waals surface area contributed by atoms with Crippen LogP contribution in [-0.4, -0.2) is 50.6 Å². The lowest BCUT2D eigenvalue weighted by Crippen LogP contribution is -2.41. The SMILES string of the molecule is CC(C)(C)OC(=O)N1CCC(c2cc(=O)[nH]c3c4c(OC(F)(F)F)cccc4nn23)CC1. The van der Waals surface area contributed by atoms with Crippen molar-refractivity contribution in [1.82, 2.24) is 19.5 Å². The van der Waals surface area contributed by atoms with Crippen LogP contribution in [0.4, 0.5) is 18.0 Å². The maximum absolute atomic E-state index is 12.9. The normalized spacial score (nSPS) is 16.0. The van der Waals surface area contributed by atoms with Crippen LogP contribution in [0.5, 0.6) is 5.75 Å². The number of H-pyrrole nitrogens is 1. The fraction of sp³-hybridized carbons (Fsp3) is 0.476. The third kappa shape index (κ3) is 4.51. The maximum atomic E-state index is 12.9. The molecule has 0 atom stereocenters. The van der Waals surface area contributed by atoms with E-state index >= 15 is 0 Å². The molecule has 0 aliphatic carbocycles. The number of alkyl halides is 3. The molecule has 4 rings (SSSR count). The van der Waals surface area contributed by atoms with Crippen molar-refractivity contribution >= 4 is 22.6 Å². The quantitative estimate of drug-likeness (QED) is 0.630. The Hall–Kier alpha value is -3.24. The van der Waals surface area contributed by atoms with E-state index in [2.05, 4.69) is 14.8 Å². The molecule has 1 fully saturated rings. The van der Waals surface area contributed by atoms with Crippen LogP contribution < -0.4 is 10.3 Å². The molecule has 1 aliphatic rings. The van der Waals surface area contributed by atoms with Gasteiger partial charge in [0, 0.05) is 25.1 Å². The lowest BCUT2D eigenvalue weighted by Gasteiger charge is -2.33. The molecule has 8 nitrogen and oxygen atoms in total. The van der Waals surface area contributed by atoms with Gasteiger partial charge in [-0.1, -0.05) is 6.07 Å². The molecule has 0 saturated carbocycles. The van der Waals surface area contributed by atoms with Crippen LogP contribution >= 0.6 is 0 Å². The summed E-state index contributed by atoms with van der Waals surface area (Å²) in [5.41, 5.74) is -0.0801. The zero-order chi connectivity index (χ0) is 23.3. The van der Waals surface area contributed by atoms with E-state index in [0.717, 1.165) is 0 Å². The molecular weight excluding hydrogens is 429 g/mol. The monoisotopic (exact) mass is 452 g/mol. The molecule has 172 valence electrons. The standard InChI is InChI=1S/C21H23F3N4O4/c1-20(2,3)32-19(30)27-9-7-12(8-10-27)14-11-16(29)25-18-17-13(26-28(14)18)5-4-6-15(17)31-21(22,23)24/h4-6,11-12H,7-10H2,1-3H3,(H,25,29). The highest BCUT2D eigenvalue weighted by atomic mass is 19.4. The Morgan fingerprint density at radius 2 is 1.88 bits per heavy atom. The summed E-state index contributed by atoms with van der Waals surface area (Å²) in [6.07, 6.45) is -4.17. The van der Waals surface area contributed by atoms with Crippen molar-refractivity contribution in [3.63, 3.8) is 0 Å². The number of piperidine rings is 1. The Morgan fingerprint density at radius 3 is 2.50 bits per heavy atom. The number of carbonyl (C=O) groups excluding carboxylic acids is 1. The highest BCUT2D eigenvalue weighted by Gasteiger charge is 2.33. The molecule has 0 unspecified atom stereocenters. The lowest BCUT2D eigenvalue weighted by atomic mass is 9.93. The van der Waals surface area contributed by atoms with Crippen molar-refractivity contribution in [3.8, 4) is 5.75 Å². The first-order valence-electron chi connectivity index (χ1n) is 10.2. The van der Waals surface area contributed by atoms with Gasteiger partial charge in [0.05, 0.1) is 16.6 Å². The molecule has 1 N–H and O–H groups in total. The van der Waals surface area contributed by atoms with Crippen LogP contribution in [0.15, 0.2) is 29.1 Å². The summed E-state index contributed by atoms with van der Waals surface area (Å²) in [5, 5.41) is 4.50. The number of aromatic amines is 1. The summed E-state index contributed by atoms with van der Waals surface area (Å²) >= 11 is 0. The minimum Gasteiger partial charge on any atom is -0.444 e. The van der Waals surface area contributed by atoms with Crippen LogP contribution in [0.2, 0.25) is 0 Å². The third-order valence-electron chi connectivity index (χ3n) is 5.22. The summed E-state index contributed by atoms with van der Waals surface area (Å²) in [5.74, 6) is -0.544. The molecule has 0 spiro atoms. The molecule has 0 radical (unpaired) electrons. The van der Waals surface area contributed by atoms with Gasteiger partial charge in [-0.2, -0.15) is 5.10 Å². The Morgan fingerprint density at radius 1 is 1.19 bits per heavy atom. The summed E-state index contributed by atoms with van der Waals surface area (Å²) in [7, 11) is 0. The average molecular weight is 452 g/mol. The second kappa shape index (κ2) is 7.72. The highest BCUT2D eigenvalue weighted by Crippen LogP contribution is 2.35. The van der Waals surface area contributed by atoms with Gasteiger partial charge in [-0.15, -0.1) is 13.2 Å². The smallest absolute Gasteiger partial charge is 0.444 e. The number of benzene rings is 1. The Balaban J connectivity index is 1.68. The van der Waals surface area contributed by atoms with E-state index in [4.69, 9.17) is 4.74 Å². The number of halogens is 3. The summed E-state index contributed by atoms with van der Waals surface area (Å²) in [6, 6.07) is 5.55. The van der Waals surface area contributed by atoms with E-state index in [1.54, 1.807) is 31.7 Å². The summed E-state index contributed by atoms with van der Waals surface area (Å²) in [6.45, 7) is 6.24. The van der Waals surface area contributed by atoms with Crippen molar-refractivity contribution in [1.29, 1.82) is 0 Å². The zero-order valence-electron chi connectivity index (χ0n) is 17.8. The number of nitrogens with one attached hydrogen (secondary N) is 1. The van der Waals surface area contributed by atoms with E-state index in [0.29, 0.717) is 31.6 Å². The number of fused-ring (bicyclic) bond motifs is 3. The second-order valence-corrected chi connectivity index (χ2v) is 8.76. The van der Waals surface area contributed by atoms with Gasteiger partial charge in [-0.25, -0.2) is 9.31 Å². The molecule has 1 saturated heterocycles. The number of nitrogens with zero attached hydrogens (tertiary/aromatic N) is 3. The van der Waals surface area contributed by atoms with Crippen molar-refractivity contribution in [2.45, 2.75) is 51.5 Å². The second-order valence-electron chi connectivity index (χ2n) is 8.76. The van der Waals surface area contributed by atoms with E-state index < -0.39 is 29.4 Å². The number of rotatable bonds is 2. The van der Waals surface area contributed by atoms with Crippen LogP contribution in [0.3, 0.4) is 0 Å². The molecule has 2 aromatic heterocycles. The molecule has 1 aromatic carbocycles. The van der Waals surface area contributed by atoms with Gasteiger partial charge in [0.2, 0.25) is 0 Å². The number of amides is 1. The van der Waals surface area contributed by atoms with Gasteiger partial charge < -0.3 is 19.4 Å². The van der Waals surface area contributed by atoms with E-state index in [-0.39, 0.29) is 22.5 Å². The van der Waals surface area contributed by atoms with Gasteiger partial charge in [-0.3, -0.25) is 4.79 Å². The molecule has 3 heterocycles. The molecule has 3 aromatic rings. The van der Waals surface area contributed by atoms with Gasteiger partial charge >= 0.3 is 12.5 Å². The Labute approximate surface area is 180 Å². The third-order valence-corrected chi connectivity index (χ3v) is 5.22. The number of hydrogen-bond donors (Lipinski definition) is 1. The maximum Gasteiger partial charge on any atom is 0.573 e. The van der Waals surface area contributed by atoms with Gasteiger partial charge in [-0.05, 0) is 45.7 Å². The number of likely N-dealkylation sites (tertiary alicyclic amines) is 1. The fourth-order valence-corrected chi connectivity index (χ4v) is 3.94. The van der Waals surface area contributed by atoms with Crippen LogP contribution in [0.25, 0.3) is 16.6 Å². The first-order valence-corrected chi connectivity index (χ1v) is 10.2. The summed E-state index contributed by atoms with van der Waals surface area (Å²) in [4.78, 5) is 28.9. The lowest BCUT2D eigenvalue weighted by molar-refractivity contribution is -0.274. The first-order chi connectivity index (χ1) is 14.9. The van der Waals surface area contributed by atoms with Crippen molar-refractivity contribution in [2.75, 3.05) is 13.1 Å². The molecule has 1 amide bonds. The van der Waals surface area contributed by atoms with Crippen LogP contribution in [0, 0.1) is 0 Å². The average Bonchev–Trinajstić information content (AvgIpc) is 3.04. The number of carbonyl (C=O) groups is 1. The predicted molar refractivity (Wildman–Crippen MR) is 110 cm³/mol.